The Morgan fingerprint density at radius 1 is 1.29 bits per heavy atom. The van der Waals surface area contributed by atoms with E-state index in [9.17, 15) is 5.26 Å². The first-order chi connectivity index (χ1) is 10.1. The van der Waals surface area contributed by atoms with Gasteiger partial charge in [-0.15, -0.1) is 11.3 Å². The third kappa shape index (κ3) is 2.18. The molecule has 2 N–H and O–H groups in total. The summed E-state index contributed by atoms with van der Waals surface area (Å²) in [4.78, 5) is 5.67. The van der Waals surface area contributed by atoms with Gasteiger partial charge in [0, 0.05) is 4.88 Å². The number of imidazole rings is 1. The lowest BCUT2D eigenvalue weighted by Crippen LogP contribution is -2.17. The molecule has 0 bridgehead atoms. The first kappa shape index (κ1) is 13.7. The number of nitriles is 1. The Hall–Kier alpha value is -2.32. The molecule has 0 fully saturated rings. The summed E-state index contributed by atoms with van der Waals surface area (Å²) < 4.78 is 2.05. The lowest BCUT2D eigenvalue weighted by molar-refractivity contribution is 0.457. The van der Waals surface area contributed by atoms with Crippen LogP contribution in [0.2, 0.25) is 0 Å². The fourth-order valence-corrected chi connectivity index (χ4v) is 3.72. The molecule has 1 aromatic carbocycles. The van der Waals surface area contributed by atoms with E-state index in [0.29, 0.717) is 22.9 Å². The van der Waals surface area contributed by atoms with Crippen LogP contribution in [0.3, 0.4) is 0 Å². The van der Waals surface area contributed by atoms with Gasteiger partial charge in [0.1, 0.15) is 11.6 Å². The molecule has 106 valence electrons. The van der Waals surface area contributed by atoms with Crippen LogP contribution in [0.1, 0.15) is 30.3 Å². The molecule has 0 spiro atoms. The molecule has 0 saturated heterocycles. The fourth-order valence-electron chi connectivity index (χ4n) is 2.73. The van der Waals surface area contributed by atoms with E-state index in [4.69, 9.17) is 5.73 Å². The molecule has 0 aliphatic heterocycles. The van der Waals surface area contributed by atoms with Gasteiger partial charge in [-0.2, -0.15) is 5.26 Å². The van der Waals surface area contributed by atoms with Gasteiger partial charge >= 0.3 is 0 Å². The second-order valence-electron chi connectivity index (χ2n) is 5.33. The molecule has 0 amide bonds. The van der Waals surface area contributed by atoms with Gasteiger partial charge in [-0.25, -0.2) is 4.98 Å². The number of hydrogen-bond acceptors (Lipinski definition) is 4. The third-order valence-electron chi connectivity index (χ3n) is 3.61. The Labute approximate surface area is 127 Å². The minimum absolute atomic E-state index is 0.129. The number of para-hydroxylation sites is 1. The van der Waals surface area contributed by atoms with E-state index in [2.05, 4.69) is 36.3 Å². The second-order valence-corrected chi connectivity index (χ2v) is 6.31. The quantitative estimate of drug-likeness (QED) is 0.799. The van der Waals surface area contributed by atoms with Crippen LogP contribution >= 0.6 is 11.3 Å². The van der Waals surface area contributed by atoms with Gasteiger partial charge in [-0.05, 0) is 29.5 Å². The standard InChI is InChI=1S/C16H16N4S/c1-10(2)15(13-7-4-8-21-13)20-12-6-3-5-11(9-17)14(12)19-16(20)18/h3-8,10,15H,1-2H3,(H2,18,19). The van der Waals surface area contributed by atoms with E-state index in [1.807, 2.05) is 22.8 Å². The monoisotopic (exact) mass is 296 g/mol. The largest absolute Gasteiger partial charge is 0.369 e. The molecular formula is C16H16N4S. The summed E-state index contributed by atoms with van der Waals surface area (Å²) in [6, 6.07) is 12.1. The second kappa shape index (κ2) is 5.23. The number of nitrogen functional groups attached to an aromatic ring is 1. The third-order valence-corrected chi connectivity index (χ3v) is 4.56. The number of anilines is 1. The molecule has 4 nitrogen and oxygen atoms in total. The molecule has 0 aliphatic rings. The molecular weight excluding hydrogens is 280 g/mol. The molecule has 0 aliphatic carbocycles. The maximum atomic E-state index is 9.23. The highest BCUT2D eigenvalue weighted by molar-refractivity contribution is 7.10. The molecule has 3 aromatic rings. The van der Waals surface area contributed by atoms with E-state index < -0.39 is 0 Å². The van der Waals surface area contributed by atoms with Crippen molar-refractivity contribution in [1.82, 2.24) is 9.55 Å². The van der Waals surface area contributed by atoms with Crippen LogP contribution in [0, 0.1) is 17.2 Å². The van der Waals surface area contributed by atoms with Crippen molar-refractivity contribution >= 4 is 28.3 Å². The number of benzene rings is 1. The van der Waals surface area contributed by atoms with Crippen LogP contribution in [0.15, 0.2) is 35.7 Å². The summed E-state index contributed by atoms with van der Waals surface area (Å²) in [6.07, 6.45) is 0. The summed E-state index contributed by atoms with van der Waals surface area (Å²) in [7, 11) is 0. The van der Waals surface area contributed by atoms with Gasteiger partial charge < -0.3 is 10.3 Å². The summed E-state index contributed by atoms with van der Waals surface area (Å²) in [5, 5.41) is 11.3. The van der Waals surface area contributed by atoms with Crippen molar-refractivity contribution in [3.8, 4) is 6.07 Å². The van der Waals surface area contributed by atoms with Crippen molar-refractivity contribution in [3.05, 3.63) is 46.2 Å². The molecule has 2 heterocycles. The van der Waals surface area contributed by atoms with Gasteiger partial charge in [0.2, 0.25) is 5.95 Å². The summed E-state index contributed by atoms with van der Waals surface area (Å²) in [5.41, 5.74) is 8.33. The van der Waals surface area contributed by atoms with Crippen molar-refractivity contribution in [2.45, 2.75) is 19.9 Å². The topological polar surface area (TPSA) is 67.6 Å². The zero-order chi connectivity index (χ0) is 15.0. The highest BCUT2D eigenvalue weighted by Crippen LogP contribution is 2.35. The van der Waals surface area contributed by atoms with Crippen molar-refractivity contribution in [2.75, 3.05) is 5.73 Å². The SMILES string of the molecule is CC(C)C(c1cccs1)n1c(N)nc2c(C#N)cccc21. The molecule has 2 aromatic heterocycles. The Morgan fingerprint density at radius 3 is 2.71 bits per heavy atom. The number of rotatable bonds is 3. The van der Waals surface area contributed by atoms with Crippen LogP contribution in [0.25, 0.3) is 11.0 Å². The van der Waals surface area contributed by atoms with E-state index >= 15 is 0 Å². The van der Waals surface area contributed by atoms with E-state index in [-0.39, 0.29) is 6.04 Å². The molecule has 0 saturated carbocycles. The first-order valence-corrected chi connectivity index (χ1v) is 7.71. The Kier molecular flexibility index (Phi) is 3.40. The average molecular weight is 296 g/mol. The zero-order valence-electron chi connectivity index (χ0n) is 11.9. The highest BCUT2D eigenvalue weighted by Gasteiger charge is 2.24. The number of hydrogen-bond donors (Lipinski definition) is 1. The Bertz CT molecular complexity index is 809. The lowest BCUT2D eigenvalue weighted by Gasteiger charge is -2.23. The van der Waals surface area contributed by atoms with Crippen LogP contribution in [-0.2, 0) is 0 Å². The molecule has 3 rings (SSSR count). The van der Waals surface area contributed by atoms with Gasteiger partial charge in [-0.3, -0.25) is 0 Å². The predicted molar refractivity (Wildman–Crippen MR) is 86.2 cm³/mol. The van der Waals surface area contributed by atoms with Crippen LogP contribution < -0.4 is 5.73 Å². The molecule has 0 radical (unpaired) electrons. The molecule has 5 heteroatoms. The average Bonchev–Trinajstić information content (AvgIpc) is 3.08. The molecule has 1 unspecified atom stereocenters. The Morgan fingerprint density at radius 2 is 2.10 bits per heavy atom. The minimum Gasteiger partial charge on any atom is -0.369 e. The minimum atomic E-state index is 0.129. The maximum absolute atomic E-state index is 9.23. The lowest BCUT2D eigenvalue weighted by atomic mass is 10.0. The number of aromatic nitrogens is 2. The van der Waals surface area contributed by atoms with Gasteiger partial charge in [0.25, 0.3) is 0 Å². The molecule has 21 heavy (non-hydrogen) atoms. The Balaban J connectivity index is 2.29. The number of nitrogens with zero attached hydrogens (tertiary/aromatic N) is 3. The van der Waals surface area contributed by atoms with Gasteiger partial charge in [0.15, 0.2) is 0 Å². The predicted octanol–water partition coefficient (Wildman–Crippen LogP) is 3.80. The normalized spacial score (nSPS) is 12.7. The van der Waals surface area contributed by atoms with Gasteiger partial charge in [-0.1, -0.05) is 26.0 Å². The van der Waals surface area contributed by atoms with Crippen molar-refractivity contribution in [2.24, 2.45) is 5.92 Å². The summed E-state index contributed by atoms with van der Waals surface area (Å²) in [5.74, 6) is 0.828. The smallest absolute Gasteiger partial charge is 0.201 e. The van der Waals surface area contributed by atoms with E-state index in [1.54, 1.807) is 17.4 Å². The fraction of sp³-hybridized carbons (Fsp3) is 0.250. The van der Waals surface area contributed by atoms with Crippen LogP contribution in [0.5, 0.6) is 0 Å². The number of fused-ring (bicyclic) bond motifs is 1. The highest BCUT2D eigenvalue weighted by atomic mass is 32.1. The first-order valence-electron chi connectivity index (χ1n) is 6.83. The number of thiophene rings is 1. The van der Waals surface area contributed by atoms with Crippen molar-refractivity contribution in [1.29, 1.82) is 5.26 Å². The molecule has 1 atom stereocenters. The summed E-state index contributed by atoms with van der Waals surface area (Å²) >= 11 is 1.72. The van der Waals surface area contributed by atoms with Crippen molar-refractivity contribution in [3.63, 3.8) is 0 Å². The van der Waals surface area contributed by atoms with Crippen molar-refractivity contribution < 1.29 is 0 Å². The van der Waals surface area contributed by atoms with E-state index in [1.165, 1.54) is 4.88 Å². The van der Waals surface area contributed by atoms with E-state index in [0.717, 1.165) is 5.52 Å². The van der Waals surface area contributed by atoms with Crippen LogP contribution in [-0.4, -0.2) is 9.55 Å². The van der Waals surface area contributed by atoms with Gasteiger partial charge in [0.05, 0.1) is 17.1 Å². The number of nitrogens with two attached hydrogens (primary N) is 1. The van der Waals surface area contributed by atoms with Crippen LogP contribution in [0.4, 0.5) is 5.95 Å². The maximum Gasteiger partial charge on any atom is 0.201 e. The summed E-state index contributed by atoms with van der Waals surface area (Å²) in [6.45, 7) is 4.34. The zero-order valence-corrected chi connectivity index (χ0v) is 12.8.